The van der Waals surface area contributed by atoms with E-state index in [2.05, 4.69) is 10.6 Å². The summed E-state index contributed by atoms with van der Waals surface area (Å²) in [6, 6.07) is 0. The van der Waals surface area contributed by atoms with Gasteiger partial charge in [0.25, 0.3) is 0 Å². The Morgan fingerprint density at radius 3 is 2.57 bits per heavy atom. The lowest BCUT2D eigenvalue weighted by molar-refractivity contribution is -0.192. The lowest BCUT2D eigenvalue weighted by Crippen LogP contribution is -2.68. The molecule has 0 spiro atoms. The van der Waals surface area contributed by atoms with Crippen molar-refractivity contribution < 1.29 is 24.2 Å². The van der Waals surface area contributed by atoms with Crippen molar-refractivity contribution in [2.75, 3.05) is 19.8 Å². The van der Waals surface area contributed by atoms with Gasteiger partial charge in [-0.2, -0.15) is 0 Å². The maximum Gasteiger partial charge on any atom is 0.309 e. The third-order valence-corrected chi connectivity index (χ3v) is 5.84. The van der Waals surface area contributed by atoms with E-state index in [1.54, 1.807) is 0 Å². The summed E-state index contributed by atoms with van der Waals surface area (Å²) in [5, 5.41) is 15.6. The third-order valence-electron chi connectivity index (χ3n) is 5.84. The average Bonchev–Trinajstić information content (AvgIpc) is 2.45. The molecular formula is C15H23N3O5. The van der Waals surface area contributed by atoms with Gasteiger partial charge in [0, 0.05) is 12.5 Å². The topological polar surface area (TPSA) is 123 Å². The number of nitrogens with one attached hydrogen (secondary N) is 2. The zero-order valence-electron chi connectivity index (χ0n) is 12.8. The first-order chi connectivity index (χ1) is 11.0. The van der Waals surface area contributed by atoms with Gasteiger partial charge in [-0.1, -0.05) is 0 Å². The number of ketones is 1. The van der Waals surface area contributed by atoms with E-state index in [0.29, 0.717) is 11.8 Å². The Labute approximate surface area is 134 Å². The van der Waals surface area contributed by atoms with Crippen molar-refractivity contribution in [2.24, 2.45) is 35.3 Å². The Kier molecular flexibility index (Phi) is 3.89. The monoisotopic (exact) mass is 325 g/mol. The molecule has 4 rings (SSSR count). The Morgan fingerprint density at radius 1 is 1.17 bits per heavy atom. The first-order valence-corrected chi connectivity index (χ1v) is 8.29. The molecule has 0 aliphatic carbocycles. The molecule has 8 heteroatoms. The van der Waals surface area contributed by atoms with Gasteiger partial charge >= 0.3 is 5.97 Å². The van der Waals surface area contributed by atoms with Crippen LogP contribution in [0.4, 0.5) is 0 Å². The molecule has 0 saturated carbocycles. The SMILES string of the molecule is NC1NC2OC3NCC(C4COC4)CC3C(=O)C2CC1C(=O)O. The molecule has 4 heterocycles. The predicted molar refractivity (Wildman–Crippen MR) is 77.9 cm³/mol. The number of fused-ring (bicyclic) bond motifs is 2. The van der Waals surface area contributed by atoms with Gasteiger partial charge in [0.15, 0.2) is 0 Å². The first-order valence-electron chi connectivity index (χ1n) is 8.29. The van der Waals surface area contributed by atoms with Crippen LogP contribution in [0.15, 0.2) is 0 Å². The molecule has 0 aromatic heterocycles. The van der Waals surface area contributed by atoms with E-state index >= 15 is 0 Å². The molecule has 7 unspecified atom stereocenters. The normalized spacial score (nSPS) is 47.3. The minimum atomic E-state index is -0.968. The smallest absolute Gasteiger partial charge is 0.309 e. The quantitative estimate of drug-likeness (QED) is 0.494. The van der Waals surface area contributed by atoms with Gasteiger partial charge in [-0.25, -0.2) is 0 Å². The summed E-state index contributed by atoms with van der Waals surface area (Å²) in [4.78, 5) is 24.2. The summed E-state index contributed by atoms with van der Waals surface area (Å²) < 4.78 is 11.3. The van der Waals surface area contributed by atoms with E-state index in [9.17, 15) is 14.7 Å². The second-order valence-corrected chi connectivity index (χ2v) is 7.17. The maximum absolute atomic E-state index is 12.9. The average molecular weight is 325 g/mol. The predicted octanol–water partition coefficient (Wildman–Crippen LogP) is -1.29. The first kappa shape index (κ1) is 15.5. The summed E-state index contributed by atoms with van der Waals surface area (Å²) in [5.74, 6) is -1.33. The van der Waals surface area contributed by atoms with Crippen molar-refractivity contribution in [3.05, 3.63) is 0 Å². The molecule has 4 saturated heterocycles. The molecule has 7 atom stereocenters. The third kappa shape index (κ3) is 2.58. The molecule has 23 heavy (non-hydrogen) atoms. The van der Waals surface area contributed by atoms with Gasteiger partial charge in [-0.05, 0) is 18.8 Å². The minimum absolute atomic E-state index is 0.106. The minimum Gasteiger partial charge on any atom is -0.481 e. The molecule has 8 nitrogen and oxygen atoms in total. The molecule has 4 aliphatic heterocycles. The van der Waals surface area contributed by atoms with Gasteiger partial charge in [0.1, 0.15) is 18.2 Å². The van der Waals surface area contributed by atoms with E-state index < -0.39 is 30.2 Å². The molecule has 0 bridgehead atoms. The fourth-order valence-corrected chi connectivity index (χ4v) is 4.29. The van der Waals surface area contributed by atoms with Crippen LogP contribution in [-0.2, 0) is 19.1 Å². The summed E-state index contributed by atoms with van der Waals surface area (Å²) in [7, 11) is 0. The second kappa shape index (κ2) is 5.78. The molecule has 5 N–H and O–H groups in total. The number of piperidine rings is 2. The van der Waals surface area contributed by atoms with Gasteiger partial charge < -0.3 is 20.3 Å². The van der Waals surface area contributed by atoms with Crippen molar-refractivity contribution in [2.45, 2.75) is 31.5 Å². The van der Waals surface area contributed by atoms with Gasteiger partial charge in [-0.3, -0.25) is 20.2 Å². The Bertz CT molecular complexity index is 511. The standard InChI is InChI=1S/C15H23N3O5/c16-12-10(15(20)21)2-9-11(19)8-1-6(7-4-22-5-7)3-17-13(8)23-14(9)18-12/h6-10,12-14,17-18H,1-5,16H2,(H,20,21). The fourth-order valence-electron chi connectivity index (χ4n) is 4.29. The van der Waals surface area contributed by atoms with Crippen LogP contribution >= 0.6 is 0 Å². The fraction of sp³-hybridized carbons (Fsp3) is 0.867. The van der Waals surface area contributed by atoms with Crippen molar-refractivity contribution in [1.82, 2.24) is 10.6 Å². The lowest BCUT2D eigenvalue weighted by atomic mass is 9.72. The Morgan fingerprint density at radius 2 is 1.91 bits per heavy atom. The van der Waals surface area contributed by atoms with E-state index in [0.717, 1.165) is 26.2 Å². The number of rotatable bonds is 2. The number of hydrogen-bond donors (Lipinski definition) is 4. The maximum atomic E-state index is 12.9. The number of carbonyl (C=O) groups excluding carboxylic acids is 1. The van der Waals surface area contributed by atoms with Crippen LogP contribution in [0.3, 0.4) is 0 Å². The molecular weight excluding hydrogens is 302 g/mol. The van der Waals surface area contributed by atoms with Gasteiger partial charge in [0.05, 0.1) is 37.1 Å². The van der Waals surface area contributed by atoms with Crippen molar-refractivity contribution in [3.8, 4) is 0 Å². The highest BCUT2D eigenvalue weighted by Gasteiger charge is 2.52. The Balaban J connectivity index is 1.49. The molecule has 128 valence electrons. The summed E-state index contributed by atoms with van der Waals surface area (Å²) in [6.07, 6.45) is -0.459. The van der Waals surface area contributed by atoms with Crippen molar-refractivity contribution in [3.63, 3.8) is 0 Å². The van der Waals surface area contributed by atoms with Crippen molar-refractivity contribution in [1.29, 1.82) is 0 Å². The number of Topliss-reactive ketones (excluding diaryl/α,β-unsaturated/α-hetero) is 1. The number of hydrogen-bond acceptors (Lipinski definition) is 7. The molecule has 4 fully saturated rings. The van der Waals surface area contributed by atoms with Gasteiger partial charge in [0.2, 0.25) is 0 Å². The highest BCUT2D eigenvalue weighted by molar-refractivity contribution is 5.86. The van der Waals surface area contributed by atoms with Crippen LogP contribution in [0.1, 0.15) is 12.8 Å². The second-order valence-electron chi connectivity index (χ2n) is 7.17. The number of carbonyl (C=O) groups is 2. The van der Waals surface area contributed by atoms with Crippen LogP contribution in [-0.4, -0.2) is 55.2 Å². The van der Waals surface area contributed by atoms with Gasteiger partial charge in [-0.15, -0.1) is 0 Å². The van der Waals surface area contributed by atoms with Crippen LogP contribution in [0, 0.1) is 29.6 Å². The lowest BCUT2D eigenvalue weighted by Gasteiger charge is -2.50. The number of carboxylic acid groups (broad SMARTS) is 1. The van der Waals surface area contributed by atoms with E-state index in [1.165, 1.54) is 0 Å². The summed E-state index contributed by atoms with van der Waals surface area (Å²) in [5.41, 5.74) is 5.87. The zero-order valence-corrected chi connectivity index (χ0v) is 12.8. The largest absolute Gasteiger partial charge is 0.481 e. The molecule has 0 amide bonds. The number of ether oxygens (including phenoxy) is 2. The molecule has 4 aliphatic rings. The van der Waals surface area contributed by atoms with Crippen LogP contribution < -0.4 is 16.4 Å². The Hall–Kier alpha value is -1.06. The highest BCUT2D eigenvalue weighted by Crippen LogP contribution is 2.39. The summed E-state index contributed by atoms with van der Waals surface area (Å²) >= 11 is 0. The van der Waals surface area contributed by atoms with E-state index in [1.807, 2.05) is 0 Å². The number of nitrogens with two attached hydrogens (primary N) is 1. The van der Waals surface area contributed by atoms with Crippen molar-refractivity contribution >= 4 is 11.8 Å². The molecule has 0 aromatic carbocycles. The zero-order chi connectivity index (χ0) is 16.1. The van der Waals surface area contributed by atoms with Crippen LogP contribution in [0.2, 0.25) is 0 Å². The van der Waals surface area contributed by atoms with Crippen LogP contribution in [0.5, 0.6) is 0 Å². The number of aliphatic carboxylic acids is 1. The number of carboxylic acids is 1. The van der Waals surface area contributed by atoms with Crippen LogP contribution in [0.25, 0.3) is 0 Å². The highest BCUT2D eigenvalue weighted by atomic mass is 16.5. The summed E-state index contributed by atoms with van der Waals surface area (Å²) in [6.45, 7) is 2.36. The molecule has 0 radical (unpaired) electrons. The van der Waals surface area contributed by atoms with E-state index in [4.69, 9.17) is 15.2 Å². The molecule has 0 aromatic rings. The van der Waals surface area contributed by atoms with E-state index in [-0.39, 0.29) is 24.3 Å².